The fourth-order valence-corrected chi connectivity index (χ4v) is 3.10. The molecule has 4 N–H and O–H groups in total. The number of nitrogens with two attached hydrogens (primary N) is 2. The second-order valence-corrected chi connectivity index (χ2v) is 5.79. The van der Waals surface area contributed by atoms with Crippen molar-refractivity contribution in [2.45, 2.75) is 6.04 Å². The molecule has 1 aromatic carbocycles. The van der Waals surface area contributed by atoms with Crippen molar-refractivity contribution < 1.29 is 14.3 Å². The molecule has 1 atom stereocenters. The fraction of sp³-hybridized carbons (Fsp3) is 0.308. The first kappa shape index (κ1) is 13.8. The predicted octanol–water partition coefficient (Wildman–Crippen LogP) is 0.205. The van der Waals surface area contributed by atoms with Crippen LogP contribution in [0.4, 0.5) is 5.13 Å². The van der Waals surface area contributed by atoms with Gasteiger partial charge in [0.1, 0.15) is 6.04 Å². The molecule has 0 saturated carbocycles. The number of aromatic nitrogens is 1. The van der Waals surface area contributed by atoms with E-state index in [0.29, 0.717) is 23.8 Å². The molecule has 7 nitrogen and oxygen atoms in total. The van der Waals surface area contributed by atoms with Gasteiger partial charge in [-0.15, -0.1) is 0 Å². The maximum Gasteiger partial charge on any atom is 0.254 e. The summed E-state index contributed by atoms with van der Waals surface area (Å²) in [7, 11) is 0. The lowest BCUT2D eigenvalue weighted by molar-refractivity contribution is -0.127. The molecule has 0 bridgehead atoms. The van der Waals surface area contributed by atoms with E-state index >= 15 is 0 Å². The van der Waals surface area contributed by atoms with Gasteiger partial charge in [-0.25, -0.2) is 4.98 Å². The number of fused-ring (bicyclic) bond motifs is 1. The number of carbonyl (C=O) groups excluding carboxylic acids is 2. The number of nitrogen functional groups attached to an aromatic ring is 1. The van der Waals surface area contributed by atoms with Crippen molar-refractivity contribution in [3.8, 4) is 0 Å². The van der Waals surface area contributed by atoms with Crippen molar-refractivity contribution in [1.82, 2.24) is 9.88 Å². The third-order valence-corrected chi connectivity index (χ3v) is 4.22. The summed E-state index contributed by atoms with van der Waals surface area (Å²) in [4.78, 5) is 29.6. The van der Waals surface area contributed by atoms with E-state index in [1.807, 2.05) is 0 Å². The highest BCUT2D eigenvalue weighted by Crippen LogP contribution is 2.25. The number of primary amides is 1. The van der Waals surface area contributed by atoms with Crippen molar-refractivity contribution >= 4 is 38.5 Å². The van der Waals surface area contributed by atoms with Crippen molar-refractivity contribution in [3.63, 3.8) is 0 Å². The van der Waals surface area contributed by atoms with Crippen LogP contribution in [0.3, 0.4) is 0 Å². The van der Waals surface area contributed by atoms with Gasteiger partial charge >= 0.3 is 0 Å². The lowest BCUT2D eigenvalue weighted by atomic mass is 10.1. The summed E-state index contributed by atoms with van der Waals surface area (Å²) in [6.45, 7) is 0.872. The average Bonchev–Trinajstić information content (AvgIpc) is 2.85. The van der Waals surface area contributed by atoms with Crippen molar-refractivity contribution in [2.75, 3.05) is 25.5 Å². The van der Waals surface area contributed by atoms with E-state index in [9.17, 15) is 9.59 Å². The van der Waals surface area contributed by atoms with Crippen LogP contribution in [0.2, 0.25) is 0 Å². The predicted molar refractivity (Wildman–Crippen MR) is 78.9 cm³/mol. The van der Waals surface area contributed by atoms with E-state index in [-0.39, 0.29) is 12.5 Å². The molecule has 0 radical (unpaired) electrons. The number of carbonyl (C=O) groups is 2. The van der Waals surface area contributed by atoms with Crippen molar-refractivity contribution in [1.29, 1.82) is 0 Å². The molecule has 1 saturated heterocycles. The minimum Gasteiger partial charge on any atom is -0.377 e. The fourth-order valence-electron chi connectivity index (χ4n) is 2.32. The molecular formula is C13H14N4O3S. The number of amides is 2. The molecule has 8 heteroatoms. The number of hydrogen-bond acceptors (Lipinski definition) is 6. The van der Waals surface area contributed by atoms with Crippen LogP contribution >= 0.6 is 11.3 Å². The molecule has 0 aliphatic carbocycles. The molecular weight excluding hydrogens is 292 g/mol. The number of nitrogens with zero attached hydrogens (tertiary/aromatic N) is 2. The summed E-state index contributed by atoms with van der Waals surface area (Å²) in [6, 6.07) is 4.43. The second-order valence-electron chi connectivity index (χ2n) is 4.73. The van der Waals surface area contributed by atoms with Gasteiger partial charge in [0.05, 0.1) is 23.4 Å². The zero-order chi connectivity index (χ0) is 15.0. The summed E-state index contributed by atoms with van der Waals surface area (Å²) < 4.78 is 6.05. The first-order valence-electron chi connectivity index (χ1n) is 6.40. The Hall–Kier alpha value is -2.19. The zero-order valence-corrected chi connectivity index (χ0v) is 11.9. The van der Waals surface area contributed by atoms with E-state index < -0.39 is 11.9 Å². The van der Waals surface area contributed by atoms with Crippen LogP contribution in [-0.2, 0) is 9.53 Å². The molecule has 2 amide bonds. The number of anilines is 1. The molecule has 1 unspecified atom stereocenters. The molecule has 1 fully saturated rings. The van der Waals surface area contributed by atoms with Crippen LogP contribution in [0.15, 0.2) is 18.2 Å². The lowest BCUT2D eigenvalue weighted by Gasteiger charge is -2.33. The van der Waals surface area contributed by atoms with Gasteiger partial charge in [0.25, 0.3) is 5.91 Å². The quantitative estimate of drug-likeness (QED) is 0.823. The van der Waals surface area contributed by atoms with Gasteiger partial charge in [-0.05, 0) is 18.2 Å². The Morgan fingerprint density at radius 3 is 3.00 bits per heavy atom. The number of hydrogen-bond donors (Lipinski definition) is 2. The normalized spacial score (nSPS) is 18.9. The summed E-state index contributed by atoms with van der Waals surface area (Å²) >= 11 is 1.32. The van der Waals surface area contributed by atoms with Gasteiger partial charge in [-0.2, -0.15) is 0 Å². The van der Waals surface area contributed by atoms with Crippen LogP contribution in [-0.4, -0.2) is 47.5 Å². The van der Waals surface area contributed by atoms with Crippen LogP contribution in [0, 0.1) is 0 Å². The first-order valence-corrected chi connectivity index (χ1v) is 7.22. The summed E-state index contributed by atoms with van der Waals surface area (Å²) in [5.41, 5.74) is 12.2. The molecule has 2 heterocycles. The van der Waals surface area contributed by atoms with Gasteiger partial charge in [0, 0.05) is 12.1 Å². The molecule has 1 aromatic heterocycles. The van der Waals surface area contributed by atoms with Gasteiger partial charge in [0.15, 0.2) is 5.13 Å². The SMILES string of the molecule is NC(=O)C1COCCN1C(=O)c1ccc2nc(N)sc2c1. The van der Waals surface area contributed by atoms with Crippen LogP contribution in [0.1, 0.15) is 10.4 Å². The molecule has 21 heavy (non-hydrogen) atoms. The monoisotopic (exact) mass is 306 g/mol. The number of thiazole rings is 1. The molecule has 110 valence electrons. The smallest absolute Gasteiger partial charge is 0.254 e. The summed E-state index contributed by atoms with van der Waals surface area (Å²) in [5, 5.41) is 0.455. The van der Waals surface area contributed by atoms with Gasteiger partial charge in [-0.3, -0.25) is 9.59 Å². The largest absolute Gasteiger partial charge is 0.377 e. The third-order valence-electron chi connectivity index (χ3n) is 3.37. The first-order chi connectivity index (χ1) is 10.1. The van der Waals surface area contributed by atoms with Crippen molar-refractivity contribution in [2.24, 2.45) is 5.73 Å². The topological polar surface area (TPSA) is 112 Å². The van der Waals surface area contributed by atoms with E-state index in [1.165, 1.54) is 16.2 Å². The third kappa shape index (κ3) is 2.55. The van der Waals surface area contributed by atoms with Crippen LogP contribution < -0.4 is 11.5 Å². The highest BCUT2D eigenvalue weighted by atomic mass is 32.1. The Labute approximate surface area is 124 Å². The number of morpholine rings is 1. The number of rotatable bonds is 2. The lowest BCUT2D eigenvalue weighted by Crippen LogP contribution is -2.54. The van der Waals surface area contributed by atoms with Crippen LogP contribution in [0.25, 0.3) is 10.2 Å². The highest BCUT2D eigenvalue weighted by molar-refractivity contribution is 7.22. The Balaban J connectivity index is 1.92. The maximum atomic E-state index is 12.6. The number of benzene rings is 1. The molecule has 2 aromatic rings. The summed E-state index contributed by atoms with van der Waals surface area (Å²) in [6.07, 6.45) is 0. The minimum absolute atomic E-state index is 0.136. The average molecular weight is 306 g/mol. The second kappa shape index (κ2) is 5.30. The molecule has 3 rings (SSSR count). The Kier molecular flexibility index (Phi) is 3.48. The summed E-state index contributed by atoms with van der Waals surface area (Å²) in [5.74, 6) is -0.804. The van der Waals surface area contributed by atoms with Crippen LogP contribution in [0.5, 0.6) is 0 Å². The van der Waals surface area contributed by atoms with Gasteiger partial charge in [-0.1, -0.05) is 11.3 Å². The number of ether oxygens (including phenoxy) is 1. The maximum absolute atomic E-state index is 12.6. The van der Waals surface area contributed by atoms with Gasteiger partial charge < -0.3 is 21.1 Å². The van der Waals surface area contributed by atoms with E-state index in [4.69, 9.17) is 16.2 Å². The van der Waals surface area contributed by atoms with Crippen molar-refractivity contribution in [3.05, 3.63) is 23.8 Å². The van der Waals surface area contributed by atoms with E-state index in [2.05, 4.69) is 4.98 Å². The zero-order valence-electron chi connectivity index (χ0n) is 11.1. The molecule has 0 spiro atoms. The minimum atomic E-state index is -0.728. The Bertz CT molecular complexity index is 715. The standard InChI is InChI=1S/C13H14N4O3S/c14-11(18)9-6-20-4-3-17(9)12(19)7-1-2-8-10(5-7)21-13(15)16-8/h1-2,5,9H,3-4,6H2,(H2,14,18)(H2,15,16). The van der Waals surface area contributed by atoms with E-state index in [1.54, 1.807) is 18.2 Å². The Morgan fingerprint density at radius 1 is 1.43 bits per heavy atom. The Morgan fingerprint density at radius 2 is 2.24 bits per heavy atom. The molecule has 1 aliphatic heterocycles. The highest BCUT2D eigenvalue weighted by Gasteiger charge is 2.32. The molecule has 1 aliphatic rings. The van der Waals surface area contributed by atoms with Gasteiger partial charge in [0.2, 0.25) is 5.91 Å². The van der Waals surface area contributed by atoms with E-state index in [0.717, 1.165) is 10.2 Å².